The predicted octanol–water partition coefficient (Wildman–Crippen LogP) is 5.97. The van der Waals surface area contributed by atoms with Crippen LogP contribution in [0.15, 0.2) is 48.5 Å². The summed E-state index contributed by atoms with van der Waals surface area (Å²) in [5.41, 5.74) is -9.52. The second kappa shape index (κ2) is 11.0. The van der Waals surface area contributed by atoms with Crippen LogP contribution in [0.3, 0.4) is 0 Å². The van der Waals surface area contributed by atoms with Gasteiger partial charge >= 0.3 is 6.18 Å². The highest BCUT2D eigenvalue weighted by molar-refractivity contribution is 5.98. The van der Waals surface area contributed by atoms with E-state index in [2.05, 4.69) is 9.97 Å². The summed E-state index contributed by atoms with van der Waals surface area (Å²) in [7, 11) is 0. The number of carbonyl (C=O) groups excluding carboxylic acids is 1. The van der Waals surface area contributed by atoms with Crippen molar-refractivity contribution in [3.05, 3.63) is 88.4 Å². The Bertz CT molecular complexity index is 1750. The third-order valence-electron chi connectivity index (χ3n) is 7.20. The van der Waals surface area contributed by atoms with Crippen molar-refractivity contribution in [1.82, 2.24) is 15.3 Å². The fourth-order valence-electron chi connectivity index (χ4n) is 4.65. The number of alkyl halides is 3. The molecule has 3 N–H and O–H groups in total. The molecule has 1 unspecified atom stereocenters. The molecule has 7 nitrogen and oxygen atoms in total. The van der Waals surface area contributed by atoms with Crippen molar-refractivity contribution in [3.63, 3.8) is 0 Å². The Morgan fingerprint density at radius 2 is 1.64 bits per heavy atom. The van der Waals surface area contributed by atoms with Gasteiger partial charge in [-0.25, -0.2) is 23.1 Å². The summed E-state index contributed by atoms with van der Waals surface area (Å²) in [5.74, 6) is -4.84. The van der Waals surface area contributed by atoms with Crippen LogP contribution in [0.4, 0.5) is 26.3 Å². The number of aliphatic hydroxyl groups is 2. The maximum absolute atomic E-state index is 15.7. The number of benzene rings is 2. The Kier molecular flexibility index (Phi) is 7.83. The number of aryl methyl sites for hydroxylation is 1. The van der Waals surface area contributed by atoms with E-state index in [4.69, 9.17) is 4.74 Å². The molecule has 0 radical (unpaired) electrons. The molecule has 1 fully saturated rings. The van der Waals surface area contributed by atoms with Crippen LogP contribution in [0.1, 0.15) is 53.9 Å². The minimum absolute atomic E-state index is 0.0872. The number of hydrogen-bond acceptors (Lipinski definition) is 6. The normalized spacial score (nSPS) is 15.2. The van der Waals surface area contributed by atoms with Crippen LogP contribution in [0.2, 0.25) is 0 Å². The summed E-state index contributed by atoms with van der Waals surface area (Å²) < 4.78 is 93.9. The molecule has 232 valence electrons. The Labute approximate surface area is 247 Å². The first-order valence-electron chi connectivity index (χ1n) is 13.5. The summed E-state index contributed by atoms with van der Waals surface area (Å²) in [6, 6.07) is 9.60. The van der Waals surface area contributed by atoms with Crippen molar-refractivity contribution in [1.29, 1.82) is 0 Å². The molecule has 1 aliphatic rings. The summed E-state index contributed by atoms with van der Waals surface area (Å²) in [6.45, 7) is 1.99. The van der Waals surface area contributed by atoms with Crippen LogP contribution >= 0.6 is 0 Å². The number of pyridine rings is 2. The van der Waals surface area contributed by atoms with E-state index in [1.165, 1.54) is 18.2 Å². The van der Waals surface area contributed by atoms with Crippen molar-refractivity contribution >= 4 is 16.8 Å². The van der Waals surface area contributed by atoms with Gasteiger partial charge in [-0.3, -0.25) is 4.79 Å². The molecule has 2 aromatic carbocycles. The van der Waals surface area contributed by atoms with Crippen molar-refractivity contribution in [2.45, 2.75) is 57.1 Å². The fourth-order valence-corrected chi connectivity index (χ4v) is 4.65. The fraction of sp³-hybridized carbons (Fsp3) is 0.323. The zero-order valence-electron chi connectivity index (χ0n) is 23.7. The Balaban J connectivity index is 1.52. The van der Waals surface area contributed by atoms with Gasteiger partial charge in [0.15, 0.2) is 11.6 Å². The highest BCUT2D eigenvalue weighted by Gasteiger charge is 2.58. The molecule has 44 heavy (non-hydrogen) atoms. The van der Waals surface area contributed by atoms with Crippen LogP contribution < -0.4 is 10.1 Å². The average molecular weight is 620 g/mol. The standard InChI is InChI=1S/C31H27F6N3O4/c1-15-12-18-13-17(6-11-21(18)39-28(15)44-20-9-10-20)27(41)38-14-30(43,31(35,36)37)26-24(34)22(29(2,3)42)23(33)25(40-26)16-4-7-19(32)8-5-16/h4-8,11-13,20,42-43H,9-10,14H2,1-3H3,(H,38,41). The van der Waals surface area contributed by atoms with E-state index in [9.17, 15) is 32.6 Å². The lowest BCUT2D eigenvalue weighted by molar-refractivity contribution is -0.266. The Morgan fingerprint density at radius 3 is 2.23 bits per heavy atom. The van der Waals surface area contributed by atoms with Gasteiger partial charge in [0, 0.05) is 22.1 Å². The van der Waals surface area contributed by atoms with Crippen LogP contribution in [0.5, 0.6) is 5.88 Å². The lowest BCUT2D eigenvalue weighted by Crippen LogP contribution is -2.52. The zero-order valence-corrected chi connectivity index (χ0v) is 23.7. The first kappa shape index (κ1) is 31.2. The number of fused-ring (bicyclic) bond motifs is 1. The topological polar surface area (TPSA) is 105 Å². The van der Waals surface area contributed by atoms with Gasteiger partial charge in [-0.2, -0.15) is 13.2 Å². The third-order valence-corrected chi connectivity index (χ3v) is 7.20. The van der Waals surface area contributed by atoms with E-state index in [1.54, 1.807) is 13.0 Å². The smallest absolute Gasteiger partial charge is 0.424 e. The van der Waals surface area contributed by atoms with E-state index >= 15 is 8.78 Å². The minimum Gasteiger partial charge on any atom is -0.474 e. The summed E-state index contributed by atoms with van der Waals surface area (Å²) in [4.78, 5) is 20.9. The summed E-state index contributed by atoms with van der Waals surface area (Å²) >= 11 is 0. The second-order valence-corrected chi connectivity index (χ2v) is 11.3. The number of carbonyl (C=O) groups is 1. The Morgan fingerprint density at radius 1 is 0.977 bits per heavy atom. The van der Waals surface area contributed by atoms with Crippen LogP contribution in [0, 0.1) is 24.4 Å². The zero-order chi connectivity index (χ0) is 32.2. The van der Waals surface area contributed by atoms with E-state index in [0.29, 0.717) is 22.3 Å². The first-order valence-corrected chi connectivity index (χ1v) is 13.5. The maximum Gasteiger partial charge on any atom is 0.424 e. The lowest BCUT2D eigenvalue weighted by Gasteiger charge is -2.32. The van der Waals surface area contributed by atoms with Gasteiger partial charge in [0.05, 0.1) is 23.2 Å². The third kappa shape index (κ3) is 5.93. The number of rotatable bonds is 8. The number of hydrogen-bond donors (Lipinski definition) is 3. The maximum atomic E-state index is 15.7. The molecule has 2 heterocycles. The molecule has 1 aliphatic carbocycles. The molecule has 13 heteroatoms. The molecule has 4 aromatic rings. The number of nitrogens with zero attached hydrogens (tertiary/aromatic N) is 2. The monoisotopic (exact) mass is 619 g/mol. The van der Waals surface area contributed by atoms with Crippen molar-refractivity contribution in [2.24, 2.45) is 0 Å². The largest absolute Gasteiger partial charge is 0.474 e. The minimum atomic E-state index is -5.65. The van der Waals surface area contributed by atoms with Crippen LogP contribution in [0.25, 0.3) is 22.2 Å². The van der Waals surface area contributed by atoms with Gasteiger partial charge in [-0.1, -0.05) is 0 Å². The predicted molar refractivity (Wildman–Crippen MR) is 147 cm³/mol. The molecule has 2 aromatic heterocycles. The number of aromatic nitrogens is 2. The first-order chi connectivity index (χ1) is 20.5. The highest BCUT2D eigenvalue weighted by atomic mass is 19.4. The molecule has 0 saturated heterocycles. The number of amides is 1. The van der Waals surface area contributed by atoms with Gasteiger partial charge in [0.2, 0.25) is 11.5 Å². The molecule has 0 spiro atoms. The highest BCUT2D eigenvalue weighted by Crippen LogP contribution is 2.43. The SMILES string of the molecule is Cc1cc2cc(C(=O)NCC(O)(c3nc(-c4ccc(F)cc4)c(F)c(C(C)(C)O)c3F)C(F)(F)F)ccc2nc1OC1CC1. The van der Waals surface area contributed by atoms with Gasteiger partial charge in [0.25, 0.3) is 5.91 Å². The molecule has 1 amide bonds. The molecular formula is C31H27F6N3O4. The average Bonchev–Trinajstić information content (AvgIpc) is 3.75. The molecule has 1 atom stereocenters. The summed E-state index contributed by atoms with van der Waals surface area (Å²) in [6.07, 6.45) is -3.70. The quantitative estimate of drug-likeness (QED) is 0.210. The molecule has 1 saturated carbocycles. The lowest BCUT2D eigenvalue weighted by atomic mass is 9.89. The molecule has 0 aliphatic heterocycles. The van der Waals surface area contributed by atoms with Gasteiger partial charge in [-0.05, 0) is 82.1 Å². The van der Waals surface area contributed by atoms with Gasteiger partial charge in [-0.15, -0.1) is 0 Å². The number of halogens is 6. The molecular weight excluding hydrogens is 592 g/mol. The van der Waals surface area contributed by atoms with Crippen LogP contribution in [-0.2, 0) is 11.2 Å². The van der Waals surface area contributed by atoms with Gasteiger partial charge < -0.3 is 20.3 Å². The molecule has 0 bridgehead atoms. The van der Waals surface area contributed by atoms with Gasteiger partial charge in [0.1, 0.15) is 23.3 Å². The second-order valence-electron chi connectivity index (χ2n) is 11.3. The van der Waals surface area contributed by atoms with Crippen molar-refractivity contribution in [3.8, 4) is 17.1 Å². The van der Waals surface area contributed by atoms with Crippen molar-refractivity contribution in [2.75, 3.05) is 6.54 Å². The Hall–Kier alpha value is -4.23. The van der Waals surface area contributed by atoms with E-state index in [0.717, 1.165) is 51.0 Å². The van der Waals surface area contributed by atoms with E-state index in [1.807, 2.05) is 5.32 Å². The summed E-state index contributed by atoms with van der Waals surface area (Å²) in [5, 5.41) is 23.9. The van der Waals surface area contributed by atoms with Crippen LogP contribution in [-0.4, -0.2) is 44.9 Å². The van der Waals surface area contributed by atoms with E-state index in [-0.39, 0.29) is 17.2 Å². The number of nitrogens with one attached hydrogen (secondary N) is 1. The number of ether oxygens (including phenoxy) is 1. The molecule has 5 rings (SSSR count). The van der Waals surface area contributed by atoms with E-state index < -0.39 is 64.2 Å². The van der Waals surface area contributed by atoms with Crippen molar-refractivity contribution < 1.29 is 46.1 Å².